The standard InChI is InChI=1S/C19H15Cl2F6N5O/c20-12-3-4-14(30-9-12)31-15(32-17(28)19(25,26)27)2-1-5-29-16(33)10-6-11(18(22,23)24)8-13(21)7-10/h3-4,6-9H,1-2,5H2,(H,29,33)(H2,28,30,31,32). The molecule has 6 nitrogen and oxygen atoms in total. The number of benzene rings is 1. The number of carbonyl (C=O) groups excluding carboxylic acids is 1. The van der Waals surface area contributed by atoms with E-state index in [1.54, 1.807) is 0 Å². The van der Waals surface area contributed by atoms with E-state index in [2.05, 4.69) is 20.3 Å². The van der Waals surface area contributed by atoms with Gasteiger partial charge in [-0.25, -0.2) is 15.0 Å². The highest BCUT2D eigenvalue weighted by atomic mass is 35.5. The second-order valence-electron chi connectivity index (χ2n) is 6.44. The minimum Gasteiger partial charge on any atom is -0.380 e. The number of alkyl halides is 6. The minimum absolute atomic E-state index is 0.0239. The lowest BCUT2D eigenvalue weighted by Crippen LogP contribution is -2.32. The predicted molar refractivity (Wildman–Crippen MR) is 112 cm³/mol. The normalized spacial score (nSPS) is 13.2. The van der Waals surface area contributed by atoms with Gasteiger partial charge in [0.15, 0.2) is 5.82 Å². The third-order valence-corrected chi connectivity index (χ3v) is 4.29. The molecule has 0 fully saturated rings. The largest absolute Gasteiger partial charge is 0.449 e. The quantitative estimate of drug-likeness (QED) is 0.229. The number of nitrogens with one attached hydrogen (secondary N) is 1. The summed E-state index contributed by atoms with van der Waals surface area (Å²) in [5, 5.41) is 2.36. The first-order valence-electron chi connectivity index (χ1n) is 9.02. The van der Waals surface area contributed by atoms with Crippen LogP contribution >= 0.6 is 23.2 Å². The van der Waals surface area contributed by atoms with Gasteiger partial charge >= 0.3 is 12.4 Å². The summed E-state index contributed by atoms with van der Waals surface area (Å²) in [6.45, 7) is -0.110. The van der Waals surface area contributed by atoms with Crippen LogP contribution in [0.3, 0.4) is 0 Å². The molecule has 1 heterocycles. The third kappa shape index (κ3) is 8.54. The molecule has 1 amide bonds. The first-order valence-corrected chi connectivity index (χ1v) is 9.78. The van der Waals surface area contributed by atoms with E-state index in [0.717, 1.165) is 6.07 Å². The Bertz CT molecular complexity index is 1050. The Morgan fingerprint density at radius 1 is 1.06 bits per heavy atom. The Labute approximate surface area is 193 Å². The molecule has 0 unspecified atom stereocenters. The molecule has 0 aliphatic rings. The number of aromatic nitrogens is 1. The predicted octanol–water partition coefficient (Wildman–Crippen LogP) is 5.57. The van der Waals surface area contributed by atoms with Crippen LogP contribution < -0.4 is 11.1 Å². The monoisotopic (exact) mass is 513 g/mol. The zero-order valence-electron chi connectivity index (χ0n) is 16.4. The van der Waals surface area contributed by atoms with Crippen molar-refractivity contribution in [2.24, 2.45) is 15.7 Å². The Balaban J connectivity index is 2.08. The molecular formula is C19H15Cl2F6N5O. The van der Waals surface area contributed by atoms with Gasteiger partial charge in [-0.15, -0.1) is 0 Å². The fourth-order valence-electron chi connectivity index (χ4n) is 2.34. The summed E-state index contributed by atoms with van der Waals surface area (Å²) in [5.74, 6) is -2.77. The molecule has 14 heteroatoms. The molecule has 3 N–H and O–H groups in total. The van der Waals surface area contributed by atoms with Crippen molar-refractivity contribution in [3.05, 3.63) is 57.7 Å². The molecule has 0 bridgehead atoms. The molecule has 0 aliphatic heterocycles. The van der Waals surface area contributed by atoms with Gasteiger partial charge in [0.05, 0.1) is 10.6 Å². The van der Waals surface area contributed by atoms with Crippen LogP contribution in [0.1, 0.15) is 28.8 Å². The Kier molecular flexibility index (Phi) is 8.67. The number of halogens is 8. The summed E-state index contributed by atoms with van der Waals surface area (Å²) < 4.78 is 76.9. The molecule has 2 rings (SSSR count). The average Bonchev–Trinajstić information content (AvgIpc) is 2.70. The van der Waals surface area contributed by atoms with E-state index in [1.807, 2.05) is 0 Å². The van der Waals surface area contributed by atoms with Gasteiger partial charge in [0.25, 0.3) is 5.91 Å². The number of hydrogen-bond donors (Lipinski definition) is 2. The lowest BCUT2D eigenvalue weighted by atomic mass is 10.1. The van der Waals surface area contributed by atoms with Crippen molar-refractivity contribution in [1.82, 2.24) is 10.3 Å². The Morgan fingerprint density at radius 2 is 1.76 bits per heavy atom. The van der Waals surface area contributed by atoms with E-state index in [-0.39, 0.29) is 46.6 Å². The summed E-state index contributed by atoms with van der Waals surface area (Å²) in [6, 6.07) is 5.13. The maximum atomic E-state index is 12.9. The van der Waals surface area contributed by atoms with Crippen LogP contribution in [0.25, 0.3) is 0 Å². The van der Waals surface area contributed by atoms with E-state index in [1.165, 1.54) is 18.3 Å². The Morgan fingerprint density at radius 3 is 2.33 bits per heavy atom. The van der Waals surface area contributed by atoms with Gasteiger partial charge in [-0.3, -0.25) is 4.79 Å². The van der Waals surface area contributed by atoms with Gasteiger partial charge in [-0.05, 0) is 36.8 Å². The van der Waals surface area contributed by atoms with E-state index < -0.39 is 29.7 Å². The molecule has 33 heavy (non-hydrogen) atoms. The molecular weight excluding hydrogens is 499 g/mol. The number of carbonyl (C=O) groups is 1. The van der Waals surface area contributed by atoms with Gasteiger partial charge in [0.1, 0.15) is 5.84 Å². The van der Waals surface area contributed by atoms with Crippen LogP contribution in [0, 0.1) is 0 Å². The van der Waals surface area contributed by atoms with Gasteiger partial charge in [0.2, 0.25) is 5.84 Å². The Hall–Kier alpha value is -2.86. The second kappa shape index (κ2) is 10.8. The highest BCUT2D eigenvalue weighted by Gasteiger charge is 2.34. The van der Waals surface area contributed by atoms with Crippen molar-refractivity contribution < 1.29 is 31.1 Å². The molecule has 0 radical (unpaired) electrons. The number of aliphatic imine (C=N–C) groups is 2. The number of pyridine rings is 1. The van der Waals surface area contributed by atoms with E-state index >= 15 is 0 Å². The number of nitrogens with two attached hydrogens (primary N) is 1. The highest BCUT2D eigenvalue weighted by molar-refractivity contribution is 6.31. The van der Waals surface area contributed by atoms with Crippen LogP contribution in [0.5, 0.6) is 0 Å². The summed E-state index contributed by atoms with van der Waals surface area (Å²) >= 11 is 11.3. The van der Waals surface area contributed by atoms with E-state index in [0.29, 0.717) is 12.1 Å². The van der Waals surface area contributed by atoms with Crippen molar-refractivity contribution in [2.75, 3.05) is 6.54 Å². The van der Waals surface area contributed by atoms with E-state index in [9.17, 15) is 31.1 Å². The van der Waals surface area contributed by atoms with Crippen molar-refractivity contribution in [2.45, 2.75) is 25.2 Å². The molecule has 0 saturated heterocycles. The van der Waals surface area contributed by atoms with Crippen molar-refractivity contribution in [3.63, 3.8) is 0 Å². The molecule has 0 spiro atoms. The number of amides is 1. The van der Waals surface area contributed by atoms with Crippen molar-refractivity contribution in [3.8, 4) is 0 Å². The van der Waals surface area contributed by atoms with Gasteiger partial charge in [-0.2, -0.15) is 26.3 Å². The molecule has 0 saturated carbocycles. The first kappa shape index (κ1) is 26.4. The average molecular weight is 514 g/mol. The van der Waals surface area contributed by atoms with Gasteiger partial charge < -0.3 is 11.1 Å². The second-order valence-corrected chi connectivity index (χ2v) is 7.32. The lowest BCUT2D eigenvalue weighted by molar-refractivity contribution is -0.137. The molecule has 1 aromatic heterocycles. The van der Waals surface area contributed by atoms with Crippen LogP contribution in [0.4, 0.5) is 32.2 Å². The van der Waals surface area contributed by atoms with Gasteiger partial charge in [0, 0.05) is 29.7 Å². The van der Waals surface area contributed by atoms with Crippen LogP contribution in [0.2, 0.25) is 10.0 Å². The maximum Gasteiger partial charge on any atom is 0.449 e. The molecule has 0 atom stereocenters. The SMILES string of the molecule is NC(=NC(CCCNC(=O)c1cc(Cl)cc(C(F)(F)F)c1)=Nc1ccc(Cl)cn1)C(F)(F)F. The zero-order chi connectivity index (χ0) is 24.8. The van der Waals surface area contributed by atoms with Crippen molar-refractivity contribution >= 4 is 46.6 Å². The third-order valence-electron chi connectivity index (χ3n) is 3.85. The van der Waals surface area contributed by atoms with Gasteiger partial charge in [-0.1, -0.05) is 23.2 Å². The van der Waals surface area contributed by atoms with Crippen molar-refractivity contribution in [1.29, 1.82) is 0 Å². The topological polar surface area (TPSA) is 92.7 Å². The number of hydrogen-bond acceptors (Lipinski definition) is 3. The number of amidine groups is 2. The van der Waals surface area contributed by atoms with Crippen LogP contribution in [-0.2, 0) is 6.18 Å². The van der Waals surface area contributed by atoms with Crippen LogP contribution in [-0.4, -0.2) is 35.3 Å². The first-order chi connectivity index (χ1) is 15.3. The smallest absolute Gasteiger partial charge is 0.380 e. The minimum atomic E-state index is -4.88. The highest BCUT2D eigenvalue weighted by Crippen LogP contribution is 2.31. The molecule has 2 aromatic rings. The maximum absolute atomic E-state index is 12.9. The molecule has 178 valence electrons. The molecule has 1 aromatic carbocycles. The van der Waals surface area contributed by atoms with Crippen LogP contribution in [0.15, 0.2) is 46.5 Å². The fourth-order valence-corrected chi connectivity index (χ4v) is 2.69. The summed E-state index contributed by atoms with van der Waals surface area (Å²) in [6.07, 6.45) is -8.47. The fraction of sp³-hybridized carbons (Fsp3) is 0.263. The summed E-state index contributed by atoms with van der Waals surface area (Å²) in [7, 11) is 0. The summed E-state index contributed by atoms with van der Waals surface area (Å²) in [4.78, 5) is 23.2. The number of nitrogens with zero attached hydrogens (tertiary/aromatic N) is 3. The summed E-state index contributed by atoms with van der Waals surface area (Å²) in [5.41, 5.74) is 3.53. The number of rotatable bonds is 6. The lowest BCUT2D eigenvalue weighted by Gasteiger charge is -2.11. The molecule has 0 aliphatic carbocycles. The zero-order valence-corrected chi connectivity index (χ0v) is 17.9. The van der Waals surface area contributed by atoms with E-state index in [4.69, 9.17) is 28.9 Å².